The van der Waals surface area contributed by atoms with Crippen molar-refractivity contribution in [2.24, 2.45) is 0 Å². The number of likely N-dealkylation sites (tertiary alicyclic amines) is 1. The molecule has 98 valence electrons. The van der Waals surface area contributed by atoms with E-state index in [4.69, 9.17) is 0 Å². The smallest absolute Gasteiger partial charge is 0.279 e. The molecule has 18 heavy (non-hydrogen) atoms. The van der Waals surface area contributed by atoms with Gasteiger partial charge in [0.15, 0.2) is 6.54 Å². The van der Waals surface area contributed by atoms with Gasteiger partial charge in [0.25, 0.3) is 5.91 Å². The molecule has 0 spiro atoms. The van der Waals surface area contributed by atoms with Crippen LogP contribution in [0.5, 0.6) is 0 Å². The molecule has 0 aromatic heterocycles. The van der Waals surface area contributed by atoms with Crippen LogP contribution in [-0.2, 0) is 4.79 Å². The topological polar surface area (TPSA) is 33.5 Å². The van der Waals surface area contributed by atoms with Gasteiger partial charge in [0.2, 0.25) is 0 Å². The lowest BCUT2D eigenvalue weighted by molar-refractivity contribution is -0.890. The number of amides is 1. The number of para-hydroxylation sites is 1. The number of quaternary nitrogens is 1. The van der Waals surface area contributed by atoms with Crippen molar-refractivity contribution in [3.8, 4) is 0 Å². The van der Waals surface area contributed by atoms with Gasteiger partial charge < -0.3 is 10.2 Å². The Balaban J connectivity index is 1.86. The van der Waals surface area contributed by atoms with Gasteiger partial charge in [0, 0.05) is 4.47 Å². The van der Waals surface area contributed by atoms with Crippen LogP contribution in [0.15, 0.2) is 28.7 Å². The van der Waals surface area contributed by atoms with Gasteiger partial charge in [-0.15, -0.1) is 0 Å². The van der Waals surface area contributed by atoms with E-state index in [9.17, 15) is 4.79 Å². The van der Waals surface area contributed by atoms with E-state index in [1.54, 1.807) is 0 Å². The molecule has 0 unspecified atom stereocenters. The Hall–Kier alpha value is -0.870. The predicted molar refractivity (Wildman–Crippen MR) is 76.8 cm³/mol. The minimum Gasteiger partial charge on any atom is -0.327 e. The van der Waals surface area contributed by atoms with Crippen molar-refractivity contribution >= 4 is 27.5 Å². The number of rotatable bonds is 3. The van der Waals surface area contributed by atoms with Crippen LogP contribution in [0.4, 0.5) is 5.69 Å². The van der Waals surface area contributed by atoms with Crippen molar-refractivity contribution in [3.05, 3.63) is 28.7 Å². The first-order valence-electron chi connectivity index (χ1n) is 6.63. The minimum atomic E-state index is 0.110. The van der Waals surface area contributed by atoms with Crippen molar-refractivity contribution in [3.63, 3.8) is 0 Å². The first-order valence-corrected chi connectivity index (χ1v) is 7.43. The Labute approximate surface area is 117 Å². The van der Waals surface area contributed by atoms with E-state index in [0.29, 0.717) is 6.54 Å². The van der Waals surface area contributed by atoms with Crippen LogP contribution in [0.3, 0.4) is 0 Å². The van der Waals surface area contributed by atoms with Crippen molar-refractivity contribution in [2.45, 2.75) is 25.7 Å². The maximum Gasteiger partial charge on any atom is 0.279 e. The lowest BCUT2D eigenvalue weighted by atomic mass is 10.2. The number of carbonyl (C=O) groups is 1. The SMILES string of the molecule is O=C(C[NH+]1CCCCCC1)Nc1ccccc1Br. The minimum absolute atomic E-state index is 0.110. The molecular weight excluding hydrogens is 292 g/mol. The number of hydrogen-bond donors (Lipinski definition) is 2. The molecule has 1 aliphatic heterocycles. The van der Waals surface area contributed by atoms with Crippen LogP contribution in [0.2, 0.25) is 0 Å². The third kappa shape index (κ3) is 4.10. The molecule has 2 N–H and O–H groups in total. The highest BCUT2D eigenvalue weighted by atomic mass is 79.9. The molecule has 0 atom stereocenters. The lowest BCUT2D eigenvalue weighted by Crippen LogP contribution is -3.12. The number of nitrogens with one attached hydrogen (secondary N) is 2. The summed E-state index contributed by atoms with van der Waals surface area (Å²) in [5, 5.41) is 2.97. The molecule has 0 bridgehead atoms. The maximum absolute atomic E-state index is 12.0. The monoisotopic (exact) mass is 311 g/mol. The lowest BCUT2D eigenvalue weighted by Gasteiger charge is -2.16. The number of carbonyl (C=O) groups excluding carboxylic acids is 1. The molecule has 0 aliphatic carbocycles. The first kappa shape index (κ1) is 13.6. The van der Waals surface area contributed by atoms with Gasteiger partial charge in [-0.25, -0.2) is 0 Å². The molecule has 1 aromatic carbocycles. The summed E-state index contributed by atoms with van der Waals surface area (Å²) < 4.78 is 0.934. The van der Waals surface area contributed by atoms with Crippen LogP contribution < -0.4 is 10.2 Å². The van der Waals surface area contributed by atoms with Crippen molar-refractivity contribution in [1.82, 2.24) is 0 Å². The average molecular weight is 312 g/mol. The summed E-state index contributed by atoms with van der Waals surface area (Å²) in [6.45, 7) is 2.84. The summed E-state index contributed by atoms with van der Waals surface area (Å²) in [6.07, 6.45) is 5.12. The molecule has 1 aromatic rings. The zero-order valence-electron chi connectivity index (χ0n) is 10.5. The van der Waals surface area contributed by atoms with Gasteiger partial charge in [0.05, 0.1) is 18.8 Å². The highest BCUT2D eigenvalue weighted by molar-refractivity contribution is 9.10. The average Bonchev–Trinajstić information content (AvgIpc) is 2.61. The fourth-order valence-corrected chi connectivity index (χ4v) is 2.77. The van der Waals surface area contributed by atoms with Gasteiger partial charge in [-0.05, 0) is 53.7 Å². The Bertz CT molecular complexity index is 401. The van der Waals surface area contributed by atoms with Crippen LogP contribution in [0.25, 0.3) is 0 Å². The van der Waals surface area contributed by atoms with E-state index >= 15 is 0 Å². The van der Waals surface area contributed by atoms with E-state index in [-0.39, 0.29) is 5.91 Å². The molecule has 1 saturated heterocycles. The summed E-state index contributed by atoms with van der Waals surface area (Å²) >= 11 is 3.44. The molecule has 1 amide bonds. The summed E-state index contributed by atoms with van der Waals surface area (Å²) in [5.74, 6) is 0.110. The Morgan fingerprint density at radius 1 is 1.17 bits per heavy atom. The summed E-state index contributed by atoms with van der Waals surface area (Å²) in [5.41, 5.74) is 0.858. The van der Waals surface area contributed by atoms with Gasteiger partial charge in [0.1, 0.15) is 0 Å². The fraction of sp³-hybridized carbons (Fsp3) is 0.500. The molecule has 1 fully saturated rings. The Morgan fingerprint density at radius 3 is 2.50 bits per heavy atom. The van der Waals surface area contributed by atoms with Crippen LogP contribution in [0.1, 0.15) is 25.7 Å². The van der Waals surface area contributed by atoms with Crippen molar-refractivity contribution < 1.29 is 9.69 Å². The maximum atomic E-state index is 12.0. The zero-order valence-corrected chi connectivity index (χ0v) is 12.1. The largest absolute Gasteiger partial charge is 0.327 e. The predicted octanol–water partition coefficient (Wildman–Crippen LogP) is 1.85. The highest BCUT2D eigenvalue weighted by Crippen LogP contribution is 2.20. The van der Waals surface area contributed by atoms with Crippen molar-refractivity contribution in [1.29, 1.82) is 0 Å². The second-order valence-corrected chi connectivity index (χ2v) is 5.72. The quantitative estimate of drug-likeness (QED) is 0.877. The van der Waals surface area contributed by atoms with Gasteiger partial charge in [-0.2, -0.15) is 0 Å². The van der Waals surface area contributed by atoms with Gasteiger partial charge in [-0.1, -0.05) is 12.1 Å². The van der Waals surface area contributed by atoms with Crippen LogP contribution in [0, 0.1) is 0 Å². The third-order valence-electron chi connectivity index (χ3n) is 3.37. The number of benzene rings is 1. The van der Waals surface area contributed by atoms with E-state index in [0.717, 1.165) is 23.2 Å². The first-order chi connectivity index (χ1) is 8.75. The zero-order chi connectivity index (χ0) is 12.8. The number of hydrogen-bond acceptors (Lipinski definition) is 1. The summed E-state index contributed by atoms with van der Waals surface area (Å²) in [4.78, 5) is 13.4. The molecule has 0 saturated carbocycles. The van der Waals surface area contributed by atoms with Gasteiger partial charge >= 0.3 is 0 Å². The molecule has 1 aliphatic rings. The Morgan fingerprint density at radius 2 is 1.83 bits per heavy atom. The standard InChI is InChI=1S/C14H19BrN2O/c15-12-7-3-4-8-13(12)16-14(18)11-17-9-5-1-2-6-10-17/h3-4,7-8H,1-2,5-6,9-11H2,(H,16,18)/p+1. The van der Waals surface area contributed by atoms with E-state index in [1.807, 2.05) is 24.3 Å². The molecular formula is C14H20BrN2O+. The molecule has 2 rings (SSSR count). The second-order valence-electron chi connectivity index (χ2n) is 4.87. The highest BCUT2D eigenvalue weighted by Gasteiger charge is 2.16. The molecule has 0 radical (unpaired) electrons. The molecule has 1 heterocycles. The van der Waals surface area contributed by atoms with Gasteiger partial charge in [-0.3, -0.25) is 4.79 Å². The number of halogens is 1. The number of anilines is 1. The summed E-state index contributed by atoms with van der Waals surface area (Å²) in [7, 11) is 0. The van der Waals surface area contributed by atoms with E-state index < -0.39 is 0 Å². The second kappa shape index (κ2) is 6.90. The van der Waals surface area contributed by atoms with Crippen LogP contribution in [-0.4, -0.2) is 25.5 Å². The fourth-order valence-electron chi connectivity index (χ4n) is 2.39. The molecule has 3 nitrogen and oxygen atoms in total. The summed E-state index contributed by atoms with van der Waals surface area (Å²) in [6, 6.07) is 7.73. The van der Waals surface area contributed by atoms with Crippen LogP contribution >= 0.6 is 15.9 Å². The Kier molecular flexibility index (Phi) is 5.20. The normalized spacial score (nSPS) is 17.2. The van der Waals surface area contributed by atoms with Crippen molar-refractivity contribution in [2.75, 3.05) is 25.0 Å². The van der Waals surface area contributed by atoms with E-state index in [1.165, 1.54) is 30.6 Å². The van der Waals surface area contributed by atoms with E-state index in [2.05, 4.69) is 21.2 Å². The molecule has 4 heteroatoms. The third-order valence-corrected chi connectivity index (χ3v) is 4.06.